The van der Waals surface area contributed by atoms with Gasteiger partial charge in [0.25, 0.3) is 5.56 Å². The van der Waals surface area contributed by atoms with Crippen LogP contribution < -0.4 is 5.56 Å². The first kappa shape index (κ1) is 22.2. The van der Waals surface area contributed by atoms with Gasteiger partial charge in [-0.25, -0.2) is 4.57 Å². The number of nitrogens with zero attached hydrogens (tertiary/aromatic N) is 6. The third-order valence-electron chi connectivity index (χ3n) is 6.02. The molecule has 0 unspecified atom stereocenters. The summed E-state index contributed by atoms with van der Waals surface area (Å²) in [5.41, 5.74) is 4.64. The highest BCUT2D eigenvalue weighted by Crippen LogP contribution is 2.26. The van der Waals surface area contributed by atoms with Crippen molar-refractivity contribution in [1.29, 1.82) is 0 Å². The highest BCUT2D eigenvalue weighted by atomic mass is 32.2. The van der Waals surface area contributed by atoms with Crippen LogP contribution in [-0.2, 0) is 12.2 Å². The molecule has 8 nitrogen and oxygen atoms in total. The van der Waals surface area contributed by atoms with E-state index >= 15 is 0 Å². The second-order valence-electron chi connectivity index (χ2n) is 8.61. The topological polar surface area (TPSA) is 91.1 Å². The summed E-state index contributed by atoms with van der Waals surface area (Å²) in [4.78, 5) is 13.6. The SMILES string of the molecule is Cc1ccc(-n2c(=O)c3ccccc3n3c(SCc4nnc(Cc5ccccc5)o4)nnc23)c(C)c1. The normalized spacial score (nSPS) is 11.5. The summed E-state index contributed by atoms with van der Waals surface area (Å²) in [5.74, 6) is 1.97. The van der Waals surface area contributed by atoms with Gasteiger partial charge in [-0.1, -0.05) is 71.9 Å². The predicted octanol–water partition coefficient (Wildman–Crippen LogP) is 4.92. The fourth-order valence-electron chi connectivity index (χ4n) is 4.36. The lowest BCUT2D eigenvalue weighted by Gasteiger charge is -2.13. The predicted molar refractivity (Wildman–Crippen MR) is 139 cm³/mol. The van der Waals surface area contributed by atoms with Gasteiger partial charge >= 0.3 is 0 Å². The van der Waals surface area contributed by atoms with Gasteiger partial charge in [-0.15, -0.1) is 20.4 Å². The summed E-state index contributed by atoms with van der Waals surface area (Å²) in [6.07, 6.45) is 0.583. The van der Waals surface area contributed by atoms with Crippen LogP contribution in [-0.4, -0.2) is 29.4 Å². The molecule has 0 atom stereocenters. The molecule has 0 aliphatic heterocycles. The van der Waals surface area contributed by atoms with Gasteiger partial charge in [-0.2, -0.15) is 0 Å². The van der Waals surface area contributed by atoms with Crippen LogP contribution in [0.2, 0.25) is 0 Å². The van der Waals surface area contributed by atoms with Crippen molar-refractivity contribution in [3.63, 3.8) is 0 Å². The van der Waals surface area contributed by atoms with Gasteiger partial charge in [-0.05, 0) is 43.2 Å². The van der Waals surface area contributed by atoms with Crippen molar-refractivity contribution in [3.8, 4) is 5.69 Å². The van der Waals surface area contributed by atoms with Crippen LogP contribution >= 0.6 is 11.8 Å². The van der Waals surface area contributed by atoms with Crippen LogP contribution in [0.4, 0.5) is 0 Å². The Kier molecular flexibility index (Phi) is 5.61. The minimum Gasteiger partial charge on any atom is -0.424 e. The lowest BCUT2D eigenvalue weighted by Crippen LogP contribution is -2.22. The van der Waals surface area contributed by atoms with Crippen molar-refractivity contribution in [2.75, 3.05) is 0 Å². The zero-order valence-corrected chi connectivity index (χ0v) is 20.6. The smallest absolute Gasteiger partial charge is 0.267 e. The Labute approximate surface area is 210 Å². The number of para-hydroxylation sites is 1. The Morgan fingerprint density at radius 3 is 2.47 bits per heavy atom. The molecule has 178 valence electrons. The maximum atomic E-state index is 13.6. The van der Waals surface area contributed by atoms with Crippen LogP contribution in [0, 0.1) is 13.8 Å². The van der Waals surface area contributed by atoms with Crippen molar-refractivity contribution in [2.45, 2.75) is 31.2 Å². The molecular formula is C27H22N6O2S. The fraction of sp³-hybridized carbons (Fsp3) is 0.148. The van der Waals surface area contributed by atoms with Gasteiger partial charge < -0.3 is 4.42 Å². The first-order valence-corrected chi connectivity index (χ1v) is 12.5. The highest BCUT2D eigenvalue weighted by Gasteiger charge is 2.19. The Morgan fingerprint density at radius 2 is 1.64 bits per heavy atom. The van der Waals surface area contributed by atoms with Gasteiger partial charge in [-0.3, -0.25) is 9.20 Å². The van der Waals surface area contributed by atoms with E-state index < -0.39 is 0 Å². The molecule has 0 amide bonds. The molecule has 0 saturated heterocycles. The van der Waals surface area contributed by atoms with Crippen molar-refractivity contribution in [3.05, 3.63) is 112 Å². The fourth-order valence-corrected chi connectivity index (χ4v) is 5.14. The van der Waals surface area contributed by atoms with Crippen LogP contribution in [0.3, 0.4) is 0 Å². The molecule has 0 aliphatic carbocycles. The molecule has 0 saturated carbocycles. The average Bonchev–Trinajstić information content (AvgIpc) is 3.51. The molecule has 6 aromatic rings. The summed E-state index contributed by atoms with van der Waals surface area (Å²) in [7, 11) is 0. The molecule has 0 spiro atoms. The van der Waals surface area contributed by atoms with Crippen LogP contribution in [0.15, 0.2) is 87.2 Å². The van der Waals surface area contributed by atoms with E-state index in [1.165, 1.54) is 11.8 Å². The second kappa shape index (κ2) is 9.09. The van der Waals surface area contributed by atoms with E-state index in [0.29, 0.717) is 40.3 Å². The van der Waals surface area contributed by atoms with Gasteiger partial charge in [0.2, 0.25) is 17.6 Å². The molecule has 3 aromatic heterocycles. The van der Waals surface area contributed by atoms with E-state index in [-0.39, 0.29) is 5.56 Å². The Balaban J connectivity index is 1.39. The molecule has 0 aliphatic rings. The Bertz CT molecular complexity index is 1770. The van der Waals surface area contributed by atoms with E-state index in [4.69, 9.17) is 4.42 Å². The maximum Gasteiger partial charge on any atom is 0.267 e. The average molecular weight is 495 g/mol. The molecule has 0 bridgehead atoms. The van der Waals surface area contributed by atoms with E-state index in [1.807, 2.05) is 85.0 Å². The quantitative estimate of drug-likeness (QED) is 0.304. The highest BCUT2D eigenvalue weighted by molar-refractivity contribution is 7.98. The molecule has 0 fully saturated rings. The van der Waals surface area contributed by atoms with Crippen molar-refractivity contribution >= 4 is 28.4 Å². The molecule has 3 aromatic carbocycles. The summed E-state index contributed by atoms with van der Waals surface area (Å²) >= 11 is 1.44. The summed E-state index contributed by atoms with van der Waals surface area (Å²) < 4.78 is 9.43. The molecule has 6 rings (SSSR count). The third-order valence-corrected chi connectivity index (χ3v) is 6.93. The molecule has 36 heavy (non-hydrogen) atoms. The zero-order chi connectivity index (χ0) is 24.6. The first-order chi connectivity index (χ1) is 17.6. The number of thioether (sulfide) groups is 1. The molecular weight excluding hydrogens is 472 g/mol. The van der Waals surface area contributed by atoms with Gasteiger partial charge in [0.15, 0.2) is 5.16 Å². The maximum absolute atomic E-state index is 13.6. The monoisotopic (exact) mass is 494 g/mol. The Morgan fingerprint density at radius 1 is 0.861 bits per heavy atom. The van der Waals surface area contributed by atoms with Gasteiger partial charge in [0.05, 0.1) is 28.8 Å². The van der Waals surface area contributed by atoms with Gasteiger partial charge in [0, 0.05) is 0 Å². The van der Waals surface area contributed by atoms with E-state index in [9.17, 15) is 4.79 Å². The molecule has 0 radical (unpaired) electrons. The number of fused-ring (bicyclic) bond motifs is 3. The standard InChI is InChI=1S/C27H22N6O2S/c1-17-12-13-21(18(2)14-17)32-25(34)20-10-6-7-11-22(20)33-26(32)30-31-27(33)36-16-24-29-28-23(35-24)15-19-8-4-3-5-9-19/h3-14H,15-16H2,1-2H3. The molecule has 3 heterocycles. The summed E-state index contributed by atoms with van der Waals surface area (Å²) in [6, 6.07) is 23.5. The minimum absolute atomic E-state index is 0.128. The van der Waals surface area contributed by atoms with E-state index in [1.54, 1.807) is 4.57 Å². The van der Waals surface area contributed by atoms with Crippen LogP contribution in [0.25, 0.3) is 22.4 Å². The summed E-state index contributed by atoms with van der Waals surface area (Å²) in [5, 5.41) is 18.5. The van der Waals surface area contributed by atoms with Crippen molar-refractivity contribution < 1.29 is 4.42 Å². The molecule has 9 heteroatoms. The number of hydrogen-bond acceptors (Lipinski definition) is 7. The largest absolute Gasteiger partial charge is 0.424 e. The van der Waals surface area contributed by atoms with Crippen LogP contribution in [0.1, 0.15) is 28.5 Å². The van der Waals surface area contributed by atoms with Crippen LogP contribution in [0.5, 0.6) is 0 Å². The number of rotatable bonds is 6. The van der Waals surface area contributed by atoms with E-state index in [0.717, 1.165) is 27.9 Å². The second-order valence-corrected chi connectivity index (χ2v) is 9.55. The lowest BCUT2D eigenvalue weighted by atomic mass is 10.1. The first-order valence-electron chi connectivity index (χ1n) is 11.5. The van der Waals surface area contributed by atoms with E-state index in [2.05, 4.69) is 26.5 Å². The number of aryl methyl sites for hydroxylation is 2. The number of aromatic nitrogens is 6. The van der Waals surface area contributed by atoms with Crippen molar-refractivity contribution in [1.82, 2.24) is 29.4 Å². The van der Waals surface area contributed by atoms with Crippen molar-refractivity contribution in [2.24, 2.45) is 0 Å². The zero-order valence-electron chi connectivity index (χ0n) is 19.8. The summed E-state index contributed by atoms with van der Waals surface area (Å²) in [6.45, 7) is 4.03. The number of hydrogen-bond donors (Lipinski definition) is 0. The lowest BCUT2D eigenvalue weighted by molar-refractivity contribution is 0.474. The minimum atomic E-state index is -0.128. The number of benzene rings is 3. The third kappa shape index (κ3) is 3.97. The Hall–Kier alpha value is -4.24. The van der Waals surface area contributed by atoms with Gasteiger partial charge in [0.1, 0.15) is 0 Å². The molecule has 0 N–H and O–H groups in total.